The van der Waals surface area contributed by atoms with Crippen LogP contribution >= 0.6 is 0 Å². The molecule has 0 atom stereocenters. The van der Waals surface area contributed by atoms with Crippen molar-refractivity contribution in [3.8, 4) is 0 Å². The zero-order valence-electron chi connectivity index (χ0n) is 17.0. The lowest BCUT2D eigenvalue weighted by molar-refractivity contribution is 1.03. The molecule has 2 aromatic carbocycles. The van der Waals surface area contributed by atoms with Crippen LogP contribution in [0.25, 0.3) is 21.9 Å². The maximum absolute atomic E-state index is 6.22. The summed E-state index contributed by atoms with van der Waals surface area (Å²) in [5.74, 6) is 1.92. The molecular weight excluding hydrogens is 374 g/mol. The van der Waals surface area contributed by atoms with E-state index < -0.39 is 0 Å². The first-order chi connectivity index (χ1) is 14.5. The molecular formula is C23H23N7. The van der Waals surface area contributed by atoms with Crippen molar-refractivity contribution in [1.82, 2.24) is 24.9 Å². The van der Waals surface area contributed by atoms with E-state index in [-0.39, 0.29) is 0 Å². The molecule has 0 saturated heterocycles. The monoisotopic (exact) mass is 397 g/mol. The number of nitrogens with one attached hydrogen (secondary N) is 3. The van der Waals surface area contributed by atoms with Crippen LogP contribution in [0.4, 0.5) is 11.8 Å². The summed E-state index contributed by atoms with van der Waals surface area (Å²) in [6.07, 6.45) is 2.46. The van der Waals surface area contributed by atoms with Gasteiger partial charge in [0.15, 0.2) is 0 Å². The maximum Gasteiger partial charge on any atom is 0.224 e. The summed E-state index contributed by atoms with van der Waals surface area (Å²) >= 11 is 0. The summed E-state index contributed by atoms with van der Waals surface area (Å²) in [6, 6.07) is 14.7. The fourth-order valence-electron chi connectivity index (χ4n) is 3.77. The molecule has 3 aromatic heterocycles. The van der Waals surface area contributed by atoms with Crippen LogP contribution in [0.1, 0.15) is 28.2 Å². The summed E-state index contributed by atoms with van der Waals surface area (Å²) in [5, 5.41) is 4.47. The van der Waals surface area contributed by atoms with Crippen molar-refractivity contribution in [2.75, 3.05) is 11.1 Å². The molecule has 0 fully saturated rings. The number of hydrogen-bond donors (Lipinski definition) is 4. The third-order valence-electron chi connectivity index (χ3n) is 5.23. The van der Waals surface area contributed by atoms with Gasteiger partial charge in [0, 0.05) is 35.9 Å². The van der Waals surface area contributed by atoms with E-state index in [1.165, 1.54) is 5.39 Å². The van der Waals surface area contributed by atoms with E-state index in [2.05, 4.69) is 73.6 Å². The van der Waals surface area contributed by atoms with Gasteiger partial charge < -0.3 is 21.0 Å². The summed E-state index contributed by atoms with van der Waals surface area (Å²) in [7, 11) is 0. The Morgan fingerprint density at radius 1 is 0.933 bits per heavy atom. The molecule has 0 spiro atoms. The largest absolute Gasteiger partial charge is 0.383 e. The Hall–Kier alpha value is -3.87. The van der Waals surface area contributed by atoms with Crippen molar-refractivity contribution in [2.24, 2.45) is 0 Å². The van der Waals surface area contributed by atoms with Gasteiger partial charge in [-0.15, -0.1) is 0 Å². The minimum atomic E-state index is 0.488. The third kappa shape index (κ3) is 3.57. The number of imidazole rings is 1. The number of benzene rings is 2. The standard InChI is InChI=1S/C23H23N7/c1-13-7-17-9-16(4-5-19(17)27-13)11-25-23-26-12-18(22(24)30-23)8-15-3-6-20-21(10-15)29-14(2)28-20/h3-7,9-10,12,27H,8,11H2,1-2H3,(H,28,29)(H3,24,25,26,30). The van der Waals surface area contributed by atoms with Gasteiger partial charge >= 0.3 is 0 Å². The number of anilines is 2. The van der Waals surface area contributed by atoms with E-state index in [4.69, 9.17) is 5.73 Å². The first kappa shape index (κ1) is 18.2. The van der Waals surface area contributed by atoms with E-state index in [1.54, 1.807) is 6.20 Å². The summed E-state index contributed by atoms with van der Waals surface area (Å²) in [6.45, 7) is 4.65. The van der Waals surface area contributed by atoms with Gasteiger partial charge in [0.05, 0.1) is 11.0 Å². The molecule has 0 bridgehead atoms. The average molecular weight is 397 g/mol. The minimum Gasteiger partial charge on any atom is -0.383 e. The van der Waals surface area contributed by atoms with Crippen LogP contribution in [0.2, 0.25) is 0 Å². The lowest BCUT2D eigenvalue weighted by atomic mass is 10.1. The van der Waals surface area contributed by atoms with Crippen molar-refractivity contribution in [1.29, 1.82) is 0 Å². The van der Waals surface area contributed by atoms with Crippen molar-refractivity contribution >= 4 is 33.7 Å². The highest BCUT2D eigenvalue weighted by atomic mass is 15.1. The van der Waals surface area contributed by atoms with Crippen LogP contribution in [0.15, 0.2) is 48.7 Å². The number of aryl methyl sites for hydroxylation is 2. The van der Waals surface area contributed by atoms with Crippen molar-refractivity contribution in [3.63, 3.8) is 0 Å². The molecule has 7 nitrogen and oxygen atoms in total. The first-order valence-corrected chi connectivity index (χ1v) is 9.92. The van der Waals surface area contributed by atoms with Gasteiger partial charge in [-0.2, -0.15) is 4.98 Å². The summed E-state index contributed by atoms with van der Waals surface area (Å²) < 4.78 is 0. The maximum atomic E-state index is 6.22. The molecule has 0 radical (unpaired) electrons. The molecule has 3 heterocycles. The number of H-pyrrole nitrogens is 2. The molecule has 0 amide bonds. The molecule has 5 N–H and O–H groups in total. The lowest BCUT2D eigenvalue weighted by Gasteiger charge is -2.09. The Bertz CT molecular complexity index is 1360. The second-order valence-corrected chi connectivity index (χ2v) is 7.68. The van der Waals surface area contributed by atoms with Gasteiger partial charge in [-0.25, -0.2) is 9.97 Å². The van der Waals surface area contributed by atoms with Crippen molar-refractivity contribution in [3.05, 3.63) is 76.9 Å². The zero-order valence-corrected chi connectivity index (χ0v) is 17.0. The van der Waals surface area contributed by atoms with Crippen LogP contribution in [0, 0.1) is 13.8 Å². The predicted molar refractivity (Wildman–Crippen MR) is 120 cm³/mol. The Labute approximate surface area is 173 Å². The zero-order chi connectivity index (χ0) is 20.7. The Morgan fingerprint density at radius 2 is 1.77 bits per heavy atom. The van der Waals surface area contributed by atoms with Crippen LogP contribution in [0.3, 0.4) is 0 Å². The van der Waals surface area contributed by atoms with Crippen molar-refractivity contribution < 1.29 is 0 Å². The molecule has 5 aromatic rings. The fourth-order valence-corrected chi connectivity index (χ4v) is 3.77. The van der Waals surface area contributed by atoms with E-state index >= 15 is 0 Å². The van der Waals surface area contributed by atoms with Crippen LogP contribution in [-0.4, -0.2) is 24.9 Å². The van der Waals surface area contributed by atoms with Crippen LogP contribution < -0.4 is 11.1 Å². The van der Waals surface area contributed by atoms with E-state index in [1.807, 2.05) is 13.0 Å². The molecule has 5 rings (SSSR count). The highest BCUT2D eigenvalue weighted by molar-refractivity contribution is 5.81. The lowest BCUT2D eigenvalue weighted by Crippen LogP contribution is -2.07. The second kappa shape index (κ2) is 7.18. The first-order valence-electron chi connectivity index (χ1n) is 9.92. The molecule has 0 aliphatic carbocycles. The van der Waals surface area contributed by atoms with Crippen LogP contribution in [0.5, 0.6) is 0 Å². The summed E-state index contributed by atoms with van der Waals surface area (Å²) in [4.78, 5) is 20.0. The van der Waals surface area contributed by atoms with E-state index in [9.17, 15) is 0 Å². The molecule has 0 saturated carbocycles. The summed E-state index contributed by atoms with van der Waals surface area (Å²) in [5.41, 5.74) is 13.7. The third-order valence-corrected chi connectivity index (χ3v) is 5.23. The smallest absolute Gasteiger partial charge is 0.224 e. The Kier molecular flexibility index (Phi) is 4.35. The number of hydrogen-bond acceptors (Lipinski definition) is 5. The topological polar surface area (TPSA) is 108 Å². The molecule has 0 unspecified atom stereocenters. The van der Waals surface area contributed by atoms with Gasteiger partial charge in [0.25, 0.3) is 0 Å². The number of nitrogens with two attached hydrogens (primary N) is 1. The quantitative estimate of drug-likeness (QED) is 0.355. The molecule has 30 heavy (non-hydrogen) atoms. The van der Waals surface area contributed by atoms with Gasteiger partial charge in [0.2, 0.25) is 5.95 Å². The number of aromatic nitrogens is 5. The number of aromatic amines is 2. The number of nitrogens with zero attached hydrogens (tertiary/aromatic N) is 3. The SMILES string of the molecule is Cc1cc2cc(CNc3ncc(Cc4ccc5[nH]c(C)nc5c4)c(N)n3)ccc2[nH]1. The number of fused-ring (bicyclic) bond motifs is 2. The number of nitrogen functional groups attached to an aromatic ring is 1. The highest BCUT2D eigenvalue weighted by Gasteiger charge is 2.08. The van der Waals surface area contributed by atoms with Gasteiger partial charge in [-0.3, -0.25) is 0 Å². The molecule has 150 valence electrons. The van der Waals surface area contributed by atoms with E-state index in [0.29, 0.717) is 24.7 Å². The van der Waals surface area contributed by atoms with Gasteiger partial charge in [-0.1, -0.05) is 12.1 Å². The van der Waals surface area contributed by atoms with E-state index in [0.717, 1.165) is 44.8 Å². The predicted octanol–water partition coefficient (Wildman–Crippen LogP) is 4.24. The fraction of sp³-hybridized carbons (Fsp3) is 0.174. The second-order valence-electron chi connectivity index (χ2n) is 7.68. The normalized spacial score (nSPS) is 11.4. The average Bonchev–Trinajstić information content (AvgIpc) is 3.27. The van der Waals surface area contributed by atoms with Crippen LogP contribution in [-0.2, 0) is 13.0 Å². The Morgan fingerprint density at radius 3 is 2.63 bits per heavy atom. The highest BCUT2D eigenvalue weighted by Crippen LogP contribution is 2.20. The molecule has 0 aliphatic heterocycles. The number of rotatable bonds is 5. The van der Waals surface area contributed by atoms with Crippen molar-refractivity contribution in [2.45, 2.75) is 26.8 Å². The molecule has 7 heteroatoms. The van der Waals surface area contributed by atoms with Gasteiger partial charge in [-0.05, 0) is 60.7 Å². The Balaban J connectivity index is 1.29. The van der Waals surface area contributed by atoms with Gasteiger partial charge in [0.1, 0.15) is 11.6 Å². The molecule has 0 aliphatic rings. The minimum absolute atomic E-state index is 0.488.